The van der Waals surface area contributed by atoms with Crippen LogP contribution < -0.4 is 0 Å². The minimum Gasteiger partial charge on any atom is -0.698 e. The summed E-state index contributed by atoms with van der Waals surface area (Å²) in [6, 6.07) is 9.38. The molecule has 9 heteroatoms. The average Bonchev–Trinajstić information content (AvgIpc) is 3.60. The van der Waals surface area contributed by atoms with E-state index >= 15 is 0 Å². The molecule has 0 aliphatic heterocycles. The Kier molecular flexibility index (Phi) is 6.96. The zero-order valence-corrected chi connectivity index (χ0v) is 18.4. The summed E-state index contributed by atoms with van der Waals surface area (Å²) in [5.74, 6) is 0.647. The zero-order chi connectivity index (χ0) is 23.5. The van der Waals surface area contributed by atoms with E-state index < -0.39 is 12.4 Å². The first kappa shape index (κ1) is 23.4. The van der Waals surface area contributed by atoms with Gasteiger partial charge in [0.25, 0.3) is 6.43 Å². The van der Waals surface area contributed by atoms with E-state index in [2.05, 4.69) is 29.3 Å². The number of hydrogen-bond acceptors (Lipinski definition) is 3. The lowest BCUT2D eigenvalue weighted by Crippen LogP contribution is -1.97. The van der Waals surface area contributed by atoms with Crippen LogP contribution in [0.5, 0.6) is 0 Å². The fourth-order valence-corrected chi connectivity index (χ4v) is 3.78. The Morgan fingerprint density at radius 2 is 1.91 bits per heavy atom. The van der Waals surface area contributed by atoms with Crippen LogP contribution in [-0.2, 0) is 14.1 Å². The lowest BCUT2D eigenvalue weighted by Gasteiger charge is -2.13. The fraction of sp³-hybridized carbons (Fsp3) is 0.435. The van der Waals surface area contributed by atoms with Gasteiger partial charge in [-0.1, -0.05) is 36.8 Å². The molecule has 2 saturated carbocycles. The molecule has 2 N–H and O–H groups in total. The van der Waals surface area contributed by atoms with E-state index in [-0.39, 0.29) is 11.3 Å². The monoisotopic (exact) mass is 444 g/mol. The number of halogens is 2. The van der Waals surface area contributed by atoms with Gasteiger partial charge in [0, 0.05) is 26.5 Å². The molecule has 0 amide bonds. The van der Waals surface area contributed by atoms with Crippen LogP contribution in [0.4, 0.5) is 14.5 Å². The van der Waals surface area contributed by atoms with Gasteiger partial charge in [0.1, 0.15) is 5.69 Å². The smallest absolute Gasteiger partial charge is 0.338 e. The number of aromatic carboxylic acids is 1. The summed E-state index contributed by atoms with van der Waals surface area (Å²) in [5, 5.41) is 15.5. The summed E-state index contributed by atoms with van der Waals surface area (Å²) >= 11 is 0. The molecule has 2 aromatic heterocycles. The molecule has 172 valence electrons. The maximum Gasteiger partial charge on any atom is 0.338 e. The van der Waals surface area contributed by atoms with Crippen molar-refractivity contribution in [2.45, 2.75) is 38.5 Å². The lowest BCUT2D eigenvalue weighted by molar-refractivity contribution is 0.0696. The molecule has 2 fully saturated rings. The number of hydrogen-bond donors (Lipinski definition) is 1. The minimum absolute atomic E-state index is 0.169. The van der Waals surface area contributed by atoms with Crippen LogP contribution >= 0.6 is 0 Å². The van der Waals surface area contributed by atoms with Crippen LogP contribution in [0.1, 0.15) is 60.1 Å². The molecule has 2 aliphatic rings. The average molecular weight is 445 g/mol. The fourth-order valence-electron chi connectivity index (χ4n) is 3.78. The summed E-state index contributed by atoms with van der Waals surface area (Å²) in [6.45, 7) is 2.41. The van der Waals surface area contributed by atoms with Crippen molar-refractivity contribution >= 4 is 11.7 Å². The maximum absolute atomic E-state index is 11.7. The second-order valence-electron chi connectivity index (χ2n) is 8.61. The Bertz CT molecular complexity index is 1060. The minimum atomic E-state index is -2.45. The molecule has 5 rings (SSSR count). The van der Waals surface area contributed by atoms with Gasteiger partial charge < -0.3 is 10.8 Å². The van der Waals surface area contributed by atoms with E-state index in [1.165, 1.54) is 58.8 Å². The van der Waals surface area contributed by atoms with Crippen molar-refractivity contribution in [1.82, 2.24) is 19.6 Å². The van der Waals surface area contributed by atoms with Crippen LogP contribution in [-0.4, -0.2) is 30.6 Å². The third-order valence-corrected chi connectivity index (χ3v) is 5.99. The molecule has 0 spiro atoms. The van der Waals surface area contributed by atoms with Gasteiger partial charge >= 0.3 is 5.97 Å². The summed E-state index contributed by atoms with van der Waals surface area (Å²) < 4.78 is 26.2. The van der Waals surface area contributed by atoms with Crippen LogP contribution in [0.25, 0.3) is 5.73 Å². The SMILES string of the molecule is CC1(C2CC2c2ccccc2[NH-])CC1.Cn1cc(C(=O)O)cn1.Cn1ccc(C(F)F)n1. The molecule has 2 atom stereocenters. The first-order valence-electron chi connectivity index (χ1n) is 10.4. The number of carbonyl (C=O) groups is 1. The van der Waals surface area contributed by atoms with E-state index in [0.717, 1.165) is 11.6 Å². The molecule has 0 bridgehead atoms. The second kappa shape index (κ2) is 9.50. The van der Waals surface area contributed by atoms with Crippen molar-refractivity contribution in [3.63, 3.8) is 0 Å². The number of benzene rings is 1. The highest BCUT2D eigenvalue weighted by atomic mass is 19.3. The lowest BCUT2D eigenvalue weighted by atomic mass is 9.98. The molecule has 7 nitrogen and oxygen atoms in total. The standard InChI is InChI=1S/C13H16N.C5H6F2N2.C5H6N2O2/c1-13(6-7-13)11-8-10(11)9-4-2-3-5-12(9)14;1-9-3-2-4(8-9)5(6)7;1-7-3-4(2-6-7)5(8)9/h2-5,10-11,14H,6-8H2,1H3;2-3,5H,1H3;2-3H,1H3,(H,8,9)/q-1;;. The summed E-state index contributed by atoms with van der Waals surface area (Å²) in [5.41, 5.74) is 10.6. The predicted octanol–water partition coefficient (Wildman–Crippen LogP) is 5.75. The van der Waals surface area contributed by atoms with E-state index in [0.29, 0.717) is 11.3 Å². The van der Waals surface area contributed by atoms with E-state index in [4.69, 9.17) is 10.8 Å². The highest BCUT2D eigenvalue weighted by molar-refractivity contribution is 5.86. The number of rotatable bonds is 4. The summed E-state index contributed by atoms with van der Waals surface area (Å²) in [4.78, 5) is 10.2. The number of aryl methyl sites for hydroxylation is 2. The van der Waals surface area contributed by atoms with Crippen molar-refractivity contribution in [3.05, 3.63) is 71.5 Å². The molecular formula is C23H28F2N5O2-. The van der Waals surface area contributed by atoms with Crippen LogP contribution in [0, 0.1) is 11.3 Å². The van der Waals surface area contributed by atoms with Gasteiger partial charge in [0.15, 0.2) is 0 Å². The first-order chi connectivity index (χ1) is 15.1. The van der Waals surface area contributed by atoms with Crippen molar-refractivity contribution in [2.75, 3.05) is 0 Å². The Hall–Kier alpha value is -3.23. The molecule has 2 aliphatic carbocycles. The Labute approximate surface area is 185 Å². The zero-order valence-electron chi connectivity index (χ0n) is 18.4. The van der Waals surface area contributed by atoms with Gasteiger partial charge in [-0.2, -0.15) is 10.2 Å². The molecule has 2 heterocycles. The first-order valence-corrected chi connectivity index (χ1v) is 10.4. The maximum atomic E-state index is 11.7. The van der Waals surface area contributed by atoms with E-state index in [1.54, 1.807) is 14.1 Å². The van der Waals surface area contributed by atoms with Crippen LogP contribution in [0.3, 0.4) is 0 Å². The summed E-state index contributed by atoms with van der Waals surface area (Å²) in [7, 11) is 3.28. The van der Waals surface area contributed by atoms with E-state index in [1.807, 2.05) is 12.1 Å². The van der Waals surface area contributed by atoms with E-state index in [9.17, 15) is 13.6 Å². The summed E-state index contributed by atoms with van der Waals surface area (Å²) in [6.07, 6.45) is 5.94. The van der Waals surface area contributed by atoms with Gasteiger partial charge in [0.05, 0.1) is 11.8 Å². The van der Waals surface area contributed by atoms with Crippen LogP contribution in [0.2, 0.25) is 0 Å². The quantitative estimate of drug-likeness (QED) is 0.554. The Morgan fingerprint density at radius 1 is 1.22 bits per heavy atom. The Balaban J connectivity index is 0.000000142. The Morgan fingerprint density at radius 3 is 2.31 bits per heavy atom. The number of carboxylic acids is 1. The molecule has 2 unspecified atom stereocenters. The molecule has 3 aromatic rings. The number of carboxylic acid groups (broad SMARTS) is 1. The highest BCUT2D eigenvalue weighted by Gasteiger charge is 2.56. The van der Waals surface area contributed by atoms with Crippen molar-refractivity contribution in [1.29, 1.82) is 0 Å². The van der Waals surface area contributed by atoms with Crippen molar-refractivity contribution in [2.24, 2.45) is 25.4 Å². The van der Waals surface area contributed by atoms with Gasteiger partial charge in [-0.05, 0) is 42.6 Å². The molecule has 0 saturated heterocycles. The molecular weight excluding hydrogens is 416 g/mol. The highest BCUT2D eigenvalue weighted by Crippen LogP contribution is 2.67. The molecule has 32 heavy (non-hydrogen) atoms. The number of nitrogens with one attached hydrogen (secondary N) is 1. The largest absolute Gasteiger partial charge is 0.698 e. The number of nitrogens with zero attached hydrogens (tertiary/aromatic N) is 4. The third-order valence-electron chi connectivity index (χ3n) is 5.99. The topological polar surface area (TPSA) is 96.7 Å². The second-order valence-corrected chi connectivity index (χ2v) is 8.61. The van der Waals surface area contributed by atoms with Gasteiger partial charge in [0.2, 0.25) is 0 Å². The van der Waals surface area contributed by atoms with Gasteiger partial charge in [-0.15, -0.1) is 5.69 Å². The van der Waals surface area contributed by atoms with Gasteiger partial charge in [-0.25, -0.2) is 13.6 Å². The van der Waals surface area contributed by atoms with Gasteiger partial charge in [-0.3, -0.25) is 9.36 Å². The molecule has 0 radical (unpaired) electrons. The normalized spacial score (nSPS) is 19.9. The van der Waals surface area contributed by atoms with Crippen molar-refractivity contribution in [3.8, 4) is 0 Å². The van der Waals surface area contributed by atoms with Crippen molar-refractivity contribution < 1.29 is 18.7 Å². The number of aromatic nitrogens is 4. The number of alkyl halides is 2. The third kappa shape index (κ3) is 5.93. The van der Waals surface area contributed by atoms with Crippen LogP contribution in [0.15, 0.2) is 48.9 Å². The molecule has 1 aromatic carbocycles. The predicted molar refractivity (Wildman–Crippen MR) is 117 cm³/mol.